The van der Waals surface area contributed by atoms with Crippen LogP contribution < -0.4 is 9.47 Å². The molecule has 1 aliphatic heterocycles. The maximum Gasteiger partial charge on any atom is 0.159 e. The number of rotatable bonds is 10. The molecule has 0 saturated heterocycles. The van der Waals surface area contributed by atoms with Crippen molar-refractivity contribution in [3.8, 4) is 11.5 Å². The summed E-state index contributed by atoms with van der Waals surface area (Å²) in [4.78, 5) is 0. The standard InChI is InChI=1S/C33H36BrFO4/c1-36-33(37-2)25-12-9-22(10-13-25)8-11-24-14-15-26(18-30(24)35)32-28-17-16-27(19-31(28)39-21-29(32)34)38-20-23-6-4-3-5-7-23/h3-7,14-19,22,25,33H,8-13,20-21H2,1-2H3. The Morgan fingerprint density at radius 1 is 0.949 bits per heavy atom. The highest BCUT2D eigenvalue weighted by atomic mass is 79.9. The van der Waals surface area contributed by atoms with Gasteiger partial charge in [-0.3, -0.25) is 0 Å². The van der Waals surface area contributed by atoms with Crippen LogP contribution in [0.4, 0.5) is 4.39 Å². The zero-order valence-corrected chi connectivity index (χ0v) is 24.2. The first-order valence-corrected chi connectivity index (χ1v) is 14.5. The number of hydrogen-bond donors (Lipinski definition) is 0. The minimum Gasteiger partial charge on any atom is -0.489 e. The van der Waals surface area contributed by atoms with E-state index in [4.69, 9.17) is 18.9 Å². The van der Waals surface area contributed by atoms with E-state index < -0.39 is 0 Å². The molecule has 0 atom stereocenters. The molecular weight excluding hydrogens is 559 g/mol. The maximum atomic E-state index is 15.3. The van der Waals surface area contributed by atoms with Crippen molar-refractivity contribution < 1.29 is 23.3 Å². The second-order valence-corrected chi connectivity index (χ2v) is 11.4. The molecule has 1 fully saturated rings. The molecule has 1 saturated carbocycles. The van der Waals surface area contributed by atoms with E-state index in [0.717, 1.165) is 82.3 Å². The van der Waals surface area contributed by atoms with E-state index in [-0.39, 0.29) is 12.1 Å². The zero-order valence-electron chi connectivity index (χ0n) is 22.6. The van der Waals surface area contributed by atoms with E-state index in [0.29, 0.717) is 25.0 Å². The number of hydrogen-bond acceptors (Lipinski definition) is 4. The summed E-state index contributed by atoms with van der Waals surface area (Å²) in [6, 6.07) is 21.6. The van der Waals surface area contributed by atoms with Crippen molar-refractivity contribution in [2.24, 2.45) is 11.8 Å². The molecule has 1 heterocycles. The number of ether oxygens (including phenoxy) is 4. The first kappa shape index (κ1) is 27.9. The molecule has 0 spiro atoms. The monoisotopic (exact) mass is 594 g/mol. The lowest BCUT2D eigenvalue weighted by molar-refractivity contribution is -0.145. The van der Waals surface area contributed by atoms with Crippen molar-refractivity contribution in [2.75, 3.05) is 20.8 Å². The van der Waals surface area contributed by atoms with Crippen molar-refractivity contribution in [1.82, 2.24) is 0 Å². The van der Waals surface area contributed by atoms with E-state index in [9.17, 15) is 0 Å². The van der Waals surface area contributed by atoms with Crippen LogP contribution >= 0.6 is 15.9 Å². The van der Waals surface area contributed by atoms with Gasteiger partial charge in [0.05, 0.1) is 0 Å². The van der Waals surface area contributed by atoms with Crippen LogP contribution in [0.2, 0.25) is 0 Å². The van der Waals surface area contributed by atoms with Crippen LogP contribution in [-0.2, 0) is 22.5 Å². The van der Waals surface area contributed by atoms with Crippen LogP contribution in [0.3, 0.4) is 0 Å². The van der Waals surface area contributed by atoms with E-state index in [1.165, 1.54) is 0 Å². The van der Waals surface area contributed by atoms with E-state index in [2.05, 4.69) is 15.9 Å². The molecular formula is C33H36BrFO4. The molecule has 0 unspecified atom stereocenters. The van der Waals surface area contributed by atoms with Crippen molar-refractivity contribution >= 4 is 21.5 Å². The average Bonchev–Trinajstić information content (AvgIpc) is 2.97. The lowest BCUT2D eigenvalue weighted by Gasteiger charge is -2.32. The summed E-state index contributed by atoms with van der Waals surface area (Å²) in [5.74, 6) is 2.40. The van der Waals surface area contributed by atoms with Gasteiger partial charge in [-0.25, -0.2) is 4.39 Å². The first-order chi connectivity index (χ1) is 19.1. The fourth-order valence-corrected chi connectivity index (χ4v) is 6.38. The van der Waals surface area contributed by atoms with E-state index >= 15 is 4.39 Å². The van der Waals surface area contributed by atoms with Crippen molar-refractivity contribution in [3.63, 3.8) is 0 Å². The minimum atomic E-state index is -0.149. The fourth-order valence-electron chi connectivity index (χ4n) is 5.83. The number of aryl methyl sites for hydroxylation is 1. The van der Waals surface area contributed by atoms with Crippen LogP contribution in [0, 0.1) is 17.7 Å². The predicted molar refractivity (Wildman–Crippen MR) is 156 cm³/mol. The quantitative estimate of drug-likeness (QED) is 0.221. The molecule has 6 heteroatoms. The molecule has 5 rings (SSSR count). The van der Waals surface area contributed by atoms with Gasteiger partial charge in [-0.1, -0.05) is 58.4 Å². The van der Waals surface area contributed by atoms with E-state index in [1.807, 2.05) is 60.7 Å². The molecule has 0 radical (unpaired) electrons. The third-order valence-corrected chi connectivity index (χ3v) is 8.63. The summed E-state index contributed by atoms with van der Waals surface area (Å²) in [5, 5.41) is 0. The second-order valence-electron chi connectivity index (χ2n) is 10.5. The maximum absolute atomic E-state index is 15.3. The van der Waals surface area contributed by atoms with Crippen LogP contribution in [0.5, 0.6) is 11.5 Å². The van der Waals surface area contributed by atoms with Gasteiger partial charge in [-0.05, 0) is 79.3 Å². The molecule has 3 aromatic rings. The van der Waals surface area contributed by atoms with Gasteiger partial charge in [0.25, 0.3) is 0 Å². The van der Waals surface area contributed by atoms with Crippen LogP contribution in [0.15, 0.2) is 71.2 Å². The predicted octanol–water partition coefficient (Wildman–Crippen LogP) is 8.31. The average molecular weight is 596 g/mol. The molecule has 39 heavy (non-hydrogen) atoms. The second kappa shape index (κ2) is 13.1. The molecule has 0 amide bonds. The smallest absolute Gasteiger partial charge is 0.159 e. The molecule has 3 aromatic carbocycles. The van der Waals surface area contributed by atoms with Gasteiger partial charge in [0.1, 0.15) is 30.5 Å². The molecule has 4 nitrogen and oxygen atoms in total. The summed E-state index contributed by atoms with van der Waals surface area (Å²) in [6.45, 7) is 0.879. The minimum absolute atomic E-state index is 0.117. The third kappa shape index (κ3) is 6.74. The van der Waals surface area contributed by atoms with Gasteiger partial charge in [-0.15, -0.1) is 0 Å². The van der Waals surface area contributed by atoms with Crippen molar-refractivity contribution in [3.05, 3.63) is 99.3 Å². The van der Waals surface area contributed by atoms with Gasteiger partial charge in [-0.2, -0.15) is 0 Å². The number of benzene rings is 3. The molecule has 0 N–H and O–H groups in total. The normalized spacial score (nSPS) is 19.1. The Morgan fingerprint density at radius 2 is 1.72 bits per heavy atom. The van der Waals surface area contributed by atoms with Gasteiger partial charge in [0.2, 0.25) is 0 Å². The van der Waals surface area contributed by atoms with Gasteiger partial charge < -0.3 is 18.9 Å². The van der Waals surface area contributed by atoms with Gasteiger partial charge in [0, 0.05) is 41.8 Å². The zero-order chi connectivity index (χ0) is 27.2. The highest BCUT2D eigenvalue weighted by Crippen LogP contribution is 2.42. The first-order valence-electron chi connectivity index (χ1n) is 13.7. The Kier molecular flexibility index (Phi) is 9.38. The van der Waals surface area contributed by atoms with Crippen molar-refractivity contribution in [2.45, 2.75) is 51.4 Å². The third-order valence-electron chi connectivity index (χ3n) is 8.00. The molecule has 1 aliphatic carbocycles. The summed E-state index contributed by atoms with van der Waals surface area (Å²) >= 11 is 3.68. The number of fused-ring (bicyclic) bond motifs is 1. The lowest BCUT2D eigenvalue weighted by atomic mass is 9.79. The topological polar surface area (TPSA) is 36.9 Å². The Labute approximate surface area is 239 Å². The van der Waals surface area contributed by atoms with Crippen LogP contribution in [0.1, 0.15) is 54.4 Å². The lowest BCUT2D eigenvalue weighted by Crippen LogP contribution is -2.29. The summed E-state index contributed by atoms with van der Waals surface area (Å²) < 4.78 is 39.1. The van der Waals surface area contributed by atoms with Crippen molar-refractivity contribution in [1.29, 1.82) is 0 Å². The van der Waals surface area contributed by atoms with E-state index in [1.54, 1.807) is 20.3 Å². The highest BCUT2D eigenvalue weighted by Gasteiger charge is 2.28. The number of methoxy groups -OCH3 is 2. The SMILES string of the molecule is COC(OC)C1CCC(CCc2ccc(C3=C(Br)COc4cc(OCc5ccccc5)ccc43)cc2F)CC1. The Morgan fingerprint density at radius 3 is 2.44 bits per heavy atom. The molecule has 2 aliphatic rings. The van der Waals surface area contributed by atoms with Crippen LogP contribution in [0.25, 0.3) is 5.57 Å². The molecule has 206 valence electrons. The van der Waals surface area contributed by atoms with Crippen LogP contribution in [-0.4, -0.2) is 27.1 Å². The molecule has 0 bridgehead atoms. The highest BCUT2D eigenvalue weighted by molar-refractivity contribution is 9.11. The Hall–Kier alpha value is -2.67. The largest absolute Gasteiger partial charge is 0.489 e. The van der Waals surface area contributed by atoms with Gasteiger partial charge >= 0.3 is 0 Å². The summed E-state index contributed by atoms with van der Waals surface area (Å²) in [5.41, 5.74) is 4.61. The summed E-state index contributed by atoms with van der Waals surface area (Å²) in [6.07, 6.45) is 6.11. The molecule has 0 aromatic heterocycles. The number of halogens is 2. The van der Waals surface area contributed by atoms with Gasteiger partial charge in [0.15, 0.2) is 6.29 Å². The summed E-state index contributed by atoms with van der Waals surface area (Å²) in [7, 11) is 3.41. The Bertz CT molecular complexity index is 1280. The Balaban J connectivity index is 1.23. The fraction of sp³-hybridized carbons (Fsp3) is 0.394.